The number of rotatable bonds is 4. The zero-order chi connectivity index (χ0) is 20.5. The highest BCUT2D eigenvalue weighted by Gasteiger charge is 2.32. The fourth-order valence-corrected chi connectivity index (χ4v) is 3.61. The third-order valence-electron chi connectivity index (χ3n) is 3.88. The first kappa shape index (κ1) is 19.7. The highest BCUT2D eigenvalue weighted by molar-refractivity contribution is 7.20. The van der Waals surface area contributed by atoms with Gasteiger partial charge in [-0.1, -0.05) is 18.2 Å². The number of carbonyl (C=O) groups is 1. The number of hydrogen-bond donors (Lipinski definition) is 0. The topological polar surface area (TPSA) is 73.5 Å². The van der Waals surface area contributed by atoms with Crippen molar-refractivity contribution in [2.75, 3.05) is 6.61 Å². The minimum atomic E-state index is -4.55. The van der Waals surface area contributed by atoms with E-state index < -0.39 is 23.3 Å². The van der Waals surface area contributed by atoms with Gasteiger partial charge in [-0.15, -0.1) is 11.3 Å². The number of aromatic nitrogens is 2. The molecule has 10 heteroatoms. The number of fused-ring (bicyclic) bond motifs is 1. The summed E-state index contributed by atoms with van der Waals surface area (Å²) in [6, 6.07) is 4.89. The summed E-state index contributed by atoms with van der Waals surface area (Å²) in [5.41, 5.74) is -1.24. The molecule has 0 N–H and O–H groups in total. The van der Waals surface area contributed by atoms with Crippen LogP contribution in [0.3, 0.4) is 0 Å². The van der Waals surface area contributed by atoms with Gasteiger partial charge in [0, 0.05) is 5.56 Å². The van der Waals surface area contributed by atoms with Crippen molar-refractivity contribution in [2.24, 2.45) is 5.10 Å². The van der Waals surface area contributed by atoms with Gasteiger partial charge in [-0.3, -0.25) is 4.79 Å². The second-order valence-electron chi connectivity index (χ2n) is 5.68. The first-order valence-electron chi connectivity index (χ1n) is 8.12. The summed E-state index contributed by atoms with van der Waals surface area (Å²) >= 11 is 1.02. The Morgan fingerprint density at radius 2 is 2.07 bits per heavy atom. The summed E-state index contributed by atoms with van der Waals surface area (Å²) in [5, 5.41) is 4.01. The van der Waals surface area contributed by atoms with Gasteiger partial charge in [0.05, 0.1) is 23.8 Å². The molecule has 6 nitrogen and oxygen atoms in total. The molecule has 0 aliphatic rings. The minimum absolute atomic E-state index is 0.178. The van der Waals surface area contributed by atoms with E-state index in [2.05, 4.69) is 10.1 Å². The van der Waals surface area contributed by atoms with Gasteiger partial charge in [-0.2, -0.15) is 22.9 Å². The Balaban J connectivity index is 2.06. The van der Waals surface area contributed by atoms with E-state index in [0.29, 0.717) is 10.4 Å². The van der Waals surface area contributed by atoms with Crippen molar-refractivity contribution >= 4 is 33.7 Å². The number of thiophene rings is 1. The van der Waals surface area contributed by atoms with Crippen molar-refractivity contribution in [3.8, 4) is 0 Å². The molecule has 0 bridgehead atoms. The molecule has 0 spiro atoms. The lowest BCUT2D eigenvalue weighted by atomic mass is 10.1. The molecule has 146 valence electrons. The largest absolute Gasteiger partial charge is 0.462 e. The molecule has 1 aromatic carbocycles. The summed E-state index contributed by atoms with van der Waals surface area (Å²) in [6.45, 7) is 3.44. The maximum absolute atomic E-state index is 13.1. The first-order valence-corrected chi connectivity index (χ1v) is 8.94. The second-order valence-corrected chi connectivity index (χ2v) is 6.68. The molecule has 0 saturated heterocycles. The SMILES string of the molecule is CCOC(=O)c1sc2ncn(/N=C\c3ccccc3C(F)(F)F)c(=O)c2c1C. The van der Waals surface area contributed by atoms with Crippen molar-refractivity contribution in [1.29, 1.82) is 0 Å². The van der Waals surface area contributed by atoms with Crippen molar-refractivity contribution in [2.45, 2.75) is 20.0 Å². The lowest BCUT2D eigenvalue weighted by Crippen LogP contribution is -2.17. The van der Waals surface area contributed by atoms with E-state index >= 15 is 0 Å². The monoisotopic (exact) mass is 409 g/mol. The molecule has 28 heavy (non-hydrogen) atoms. The van der Waals surface area contributed by atoms with E-state index in [0.717, 1.165) is 34.6 Å². The normalized spacial score (nSPS) is 12.0. The van der Waals surface area contributed by atoms with Crippen LogP contribution in [0.15, 0.2) is 40.5 Å². The maximum atomic E-state index is 13.1. The Labute approximate surface area is 160 Å². The number of aryl methyl sites for hydroxylation is 1. The highest BCUT2D eigenvalue weighted by atomic mass is 32.1. The van der Waals surface area contributed by atoms with E-state index in [-0.39, 0.29) is 22.4 Å². The number of alkyl halides is 3. The summed E-state index contributed by atoms with van der Waals surface area (Å²) in [7, 11) is 0. The maximum Gasteiger partial charge on any atom is 0.417 e. The van der Waals surface area contributed by atoms with Crippen LogP contribution in [0, 0.1) is 6.92 Å². The number of ether oxygens (including phenoxy) is 1. The summed E-state index contributed by atoms with van der Waals surface area (Å²) in [4.78, 5) is 29.3. The second kappa shape index (κ2) is 7.55. The lowest BCUT2D eigenvalue weighted by molar-refractivity contribution is -0.137. The van der Waals surface area contributed by atoms with Crippen LogP contribution in [0.1, 0.15) is 33.3 Å². The number of carbonyl (C=O) groups excluding carboxylic acids is 1. The van der Waals surface area contributed by atoms with Crippen molar-refractivity contribution < 1.29 is 22.7 Å². The van der Waals surface area contributed by atoms with Gasteiger partial charge in [-0.25, -0.2) is 9.78 Å². The van der Waals surface area contributed by atoms with E-state index in [4.69, 9.17) is 4.74 Å². The average Bonchev–Trinajstić information content (AvgIpc) is 2.98. The Morgan fingerprint density at radius 3 is 2.75 bits per heavy atom. The zero-order valence-electron chi connectivity index (χ0n) is 14.8. The molecule has 3 rings (SSSR count). The molecular weight excluding hydrogens is 395 g/mol. The first-order chi connectivity index (χ1) is 13.2. The van der Waals surface area contributed by atoms with Gasteiger partial charge in [-0.05, 0) is 25.5 Å². The Kier molecular flexibility index (Phi) is 5.32. The predicted octanol–water partition coefficient (Wildman–Crippen LogP) is 3.84. The molecule has 3 aromatic rings. The smallest absolute Gasteiger partial charge is 0.417 e. The number of hydrogen-bond acceptors (Lipinski definition) is 6. The van der Waals surface area contributed by atoms with Gasteiger partial charge in [0.1, 0.15) is 16.0 Å². The van der Waals surface area contributed by atoms with Crippen LogP contribution in [0.4, 0.5) is 13.2 Å². The highest BCUT2D eigenvalue weighted by Crippen LogP contribution is 2.31. The van der Waals surface area contributed by atoms with E-state index in [1.807, 2.05) is 0 Å². The molecule has 2 aromatic heterocycles. The summed E-state index contributed by atoms with van der Waals surface area (Å²) < 4.78 is 45.0. The van der Waals surface area contributed by atoms with E-state index in [1.54, 1.807) is 13.8 Å². The standard InChI is InChI=1S/C18H14F3N3O3S/c1-3-27-17(26)14-10(2)13-15(28-14)22-9-24(16(13)25)23-8-11-6-4-5-7-12(11)18(19,20)21/h4-9H,3H2,1-2H3/b23-8-. The third-order valence-corrected chi connectivity index (χ3v) is 5.06. The molecule has 0 atom stereocenters. The molecule has 0 saturated carbocycles. The number of nitrogens with zero attached hydrogens (tertiary/aromatic N) is 3. The van der Waals surface area contributed by atoms with E-state index in [1.165, 1.54) is 18.2 Å². The minimum Gasteiger partial charge on any atom is -0.462 e. The van der Waals surface area contributed by atoms with Crippen molar-refractivity contribution in [3.63, 3.8) is 0 Å². The fraction of sp³-hybridized carbons (Fsp3) is 0.222. The molecule has 0 aliphatic carbocycles. The zero-order valence-corrected chi connectivity index (χ0v) is 15.6. The quantitative estimate of drug-likeness (QED) is 0.485. The Hall–Kier alpha value is -3.01. The van der Waals surface area contributed by atoms with Gasteiger partial charge < -0.3 is 4.74 Å². The summed E-state index contributed by atoms with van der Waals surface area (Å²) in [5.74, 6) is -0.559. The lowest BCUT2D eigenvalue weighted by Gasteiger charge is -2.09. The Morgan fingerprint density at radius 1 is 1.36 bits per heavy atom. The van der Waals surface area contributed by atoms with Crippen LogP contribution < -0.4 is 5.56 Å². The van der Waals surface area contributed by atoms with Gasteiger partial charge in [0.15, 0.2) is 0 Å². The average molecular weight is 409 g/mol. The molecule has 0 radical (unpaired) electrons. The van der Waals surface area contributed by atoms with Crippen LogP contribution in [-0.4, -0.2) is 28.5 Å². The van der Waals surface area contributed by atoms with Crippen LogP contribution in [0.25, 0.3) is 10.2 Å². The number of halogens is 3. The van der Waals surface area contributed by atoms with E-state index in [9.17, 15) is 22.8 Å². The molecular formula is C18H14F3N3O3S. The molecule has 0 fully saturated rings. The van der Waals surface area contributed by atoms with Gasteiger partial charge in [0.25, 0.3) is 5.56 Å². The molecule has 0 amide bonds. The number of esters is 1. The number of benzene rings is 1. The molecule has 0 unspecified atom stereocenters. The van der Waals surface area contributed by atoms with Crippen molar-refractivity contribution in [1.82, 2.24) is 9.66 Å². The van der Waals surface area contributed by atoms with Crippen LogP contribution in [-0.2, 0) is 10.9 Å². The van der Waals surface area contributed by atoms with Crippen LogP contribution in [0.2, 0.25) is 0 Å². The summed E-state index contributed by atoms with van der Waals surface area (Å²) in [6.07, 6.45) is -2.50. The predicted molar refractivity (Wildman–Crippen MR) is 99.0 cm³/mol. The van der Waals surface area contributed by atoms with Crippen LogP contribution >= 0.6 is 11.3 Å². The van der Waals surface area contributed by atoms with Gasteiger partial charge >= 0.3 is 12.1 Å². The van der Waals surface area contributed by atoms with Gasteiger partial charge in [0.2, 0.25) is 0 Å². The van der Waals surface area contributed by atoms with Crippen molar-refractivity contribution in [3.05, 3.63) is 62.5 Å². The molecule has 2 heterocycles. The Bertz CT molecular complexity index is 1130. The third kappa shape index (κ3) is 3.68. The fourth-order valence-electron chi connectivity index (χ4n) is 2.58. The molecule has 0 aliphatic heterocycles. The van der Waals surface area contributed by atoms with Crippen LogP contribution in [0.5, 0.6) is 0 Å².